The molecular weight excluding hydrogens is 574 g/mol. The number of hydrogen-bond acceptors (Lipinski definition) is 4. The molecule has 0 bridgehead atoms. The Hall–Kier alpha value is -6.82. The summed E-state index contributed by atoms with van der Waals surface area (Å²) in [6.07, 6.45) is 0. The number of nitrogens with two attached hydrogens (primary N) is 3. The van der Waals surface area contributed by atoms with Gasteiger partial charge in [-0.3, -0.25) is 21.6 Å². The molecule has 0 atom stereocenters. The second-order valence-corrected chi connectivity index (χ2v) is 9.67. The van der Waals surface area contributed by atoms with Crippen molar-refractivity contribution in [2.45, 2.75) is 6.92 Å². The van der Waals surface area contributed by atoms with E-state index in [1.165, 1.54) is 0 Å². The Morgan fingerprint density at radius 3 is 1.13 bits per heavy atom. The highest BCUT2D eigenvalue weighted by Gasteiger charge is 2.07. The quantitative estimate of drug-likeness (QED) is 0.112. The number of rotatable bonds is 6. The first kappa shape index (κ1) is 33.7. The number of hydrogen-bond donors (Lipinski definition) is 11. The van der Waals surface area contributed by atoms with Crippen molar-refractivity contribution in [2.24, 2.45) is 17.2 Å². The molecule has 0 fully saturated rings. The Labute approximate surface area is 269 Å². The van der Waals surface area contributed by atoms with Crippen LogP contribution in [-0.4, -0.2) is 49.9 Å². The van der Waals surface area contributed by atoms with Crippen molar-refractivity contribution < 1.29 is 0 Å². The Balaban J connectivity index is 2.05. The lowest BCUT2D eigenvalue weighted by Crippen LogP contribution is -2.30. The minimum Gasteiger partial charge on any atom is -0.370 e. The average molecular weight is 610 g/mol. The van der Waals surface area contributed by atoms with Gasteiger partial charge in [0.25, 0.3) is 0 Å². The largest absolute Gasteiger partial charge is 0.370 e. The molecule has 11 nitrogen and oxygen atoms in total. The summed E-state index contributed by atoms with van der Waals surface area (Å²) in [6.45, 7) is 2.70. The van der Waals surface area contributed by atoms with E-state index in [1.807, 2.05) is 54.6 Å². The monoisotopic (exact) mass is 609 g/mol. The van der Waals surface area contributed by atoms with E-state index in [1.54, 1.807) is 6.92 Å². The van der Waals surface area contributed by atoms with Crippen molar-refractivity contribution >= 4 is 23.7 Å². The zero-order valence-corrected chi connectivity index (χ0v) is 25.3. The van der Waals surface area contributed by atoms with Gasteiger partial charge in [0.15, 0.2) is 17.9 Å². The Morgan fingerprint density at radius 2 is 0.826 bits per heavy atom. The van der Waals surface area contributed by atoms with E-state index < -0.39 is 0 Å². The summed E-state index contributed by atoms with van der Waals surface area (Å²) in [7, 11) is 0. The molecule has 0 heterocycles. The summed E-state index contributed by atoms with van der Waals surface area (Å²) in [4.78, 5) is 0. The molecule has 0 aromatic heterocycles. The highest BCUT2D eigenvalue weighted by molar-refractivity contribution is 5.78. The average Bonchev–Trinajstić information content (AvgIpc) is 3.01. The van der Waals surface area contributed by atoms with Crippen molar-refractivity contribution in [3.05, 3.63) is 82.9 Å². The fourth-order valence-electron chi connectivity index (χ4n) is 3.94. The smallest absolute Gasteiger partial charge is 0.186 e. The number of amidine groups is 1. The third kappa shape index (κ3) is 12.2. The summed E-state index contributed by atoms with van der Waals surface area (Å²) in [5, 5.41) is 40.4. The van der Waals surface area contributed by atoms with Crippen LogP contribution < -0.4 is 38.5 Å². The molecule has 3 aromatic rings. The van der Waals surface area contributed by atoms with Crippen LogP contribution in [0.1, 0.15) is 29.2 Å². The van der Waals surface area contributed by atoms with Gasteiger partial charge in [0, 0.05) is 22.3 Å². The standard InChI is InChI=1S/C35H35N11/c1-24(36)43-13-3-7-25-17-26(8-4-14-44-33(37)38)20-31(19-25)29-11-2-12-30(23-29)32-21-27(9-5-15-45-34(39)40)18-28(22-32)10-6-16-46-35(41)42/h2,11-12,17-23H,13-16H2,1H3,(H2,36,43)(H4,37,38,44)(H4,39,40,45)(H4,41,42,46). The van der Waals surface area contributed by atoms with Gasteiger partial charge in [-0.05, 0) is 71.6 Å². The lowest BCUT2D eigenvalue weighted by molar-refractivity contribution is 1.03. The minimum absolute atomic E-state index is 0.148. The molecule has 0 spiro atoms. The van der Waals surface area contributed by atoms with Gasteiger partial charge in [0.2, 0.25) is 0 Å². The molecule has 11 heteroatoms. The summed E-state index contributed by atoms with van der Waals surface area (Å²) in [5.74, 6) is 24.3. The summed E-state index contributed by atoms with van der Waals surface area (Å²) in [5.41, 5.74) is 22.8. The predicted octanol–water partition coefficient (Wildman–Crippen LogP) is 1.46. The van der Waals surface area contributed by atoms with Crippen LogP contribution in [-0.2, 0) is 0 Å². The van der Waals surface area contributed by atoms with Gasteiger partial charge in [-0.25, -0.2) is 0 Å². The third-order valence-electron chi connectivity index (χ3n) is 5.87. The Kier molecular flexibility index (Phi) is 12.7. The first-order chi connectivity index (χ1) is 22.1. The third-order valence-corrected chi connectivity index (χ3v) is 5.87. The van der Waals surface area contributed by atoms with Gasteiger partial charge >= 0.3 is 0 Å². The van der Waals surface area contributed by atoms with Crippen molar-refractivity contribution in [1.29, 1.82) is 21.6 Å². The fourth-order valence-corrected chi connectivity index (χ4v) is 3.94. The SMILES string of the molecule is CC(=N)NCC#Cc1cc(C#CCNC(=N)N)cc(-c2cccc(-c3cc(C#CCNC(=N)N)cc(C#CCNC(=N)N)c3)c2)c1. The lowest BCUT2D eigenvalue weighted by Gasteiger charge is -2.09. The molecule has 230 valence electrons. The van der Waals surface area contributed by atoms with Crippen LogP contribution in [0.15, 0.2) is 60.7 Å². The van der Waals surface area contributed by atoms with Crippen LogP contribution >= 0.6 is 0 Å². The summed E-state index contributed by atoms with van der Waals surface area (Å²) < 4.78 is 0. The fraction of sp³-hybridized carbons (Fsp3) is 0.143. The summed E-state index contributed by atoms with van der Waals surface area (Å²) >= 11 is 0. The highest BCUT2D eigenvalue weighted by atomic mass is 15.0. The van der Waals surface area contributed by atoms with E-state index in [2.05, 4.69) is 74.7 Å². The molecule has 0 unspecified atom stereocenters. The molecule has 0 saturated carbocycles. The maximum atomic E-state index is 7.54. The molecule has 3 rings (SSSR count). The predicted molar refractivity (Wildman–Crippen MR) is 186 cm³/mol. The molecule has 0 aliphatic rings. The van der Waals surface area contributed by atoms with Crippen molar-refractivity contribution in [1.82, 2.24) is 21.3 Å². The van der Waals surface area contributed by atoms with E-state index in [0.29, 0.717) is 12.4 Å². The molecule has 3 aromatic carbocycles. The first-order valence-corrected chi connectivity index (χ1v) is 14.0. The van der Waals surface area contributed by atoms with E-state index in [4.69, 9.17) is 38.8 Å². The van der Waals surface area contributed by atoms with Crippen molar-refractivity contribution in [2.75, 3.05) is 26.2 Å². The van der Waals surface area contributed by atoms with Crippen LogP contribution in [0.5, 0.6) is 0 Å². The number of benzene rings is 3. The molecule has 0 aliphatic carbocycles. The van der Waals surface area contributed by atoms with Crippen LogP contribution in [0.3, 0.4) is 0 Å². The topological polar surface area (TPSA) is 222 Å². The molecule has 0 radical (unpaired) electrons. The van der Waals surface area contributed by atoms with Gasteiger partial charge in [0.05, 0.1) is 32.0 Å². The molecule has 0 saturated heterocycles. The van der Waals surface area contributed by atoms with E-state index in [-0.39, 0.29) is 37.5 Å². The van der Waals surface area contributed by atoms with Crippen molar-refractivity contribution in [3.8, 4) is 69.6 Å². The molecule has 46 heavy (non-hydrogen) atoms. The van der Waals surface area contributed by atoms with Crippen LogP contribution in [0.25, 0.3) is 22.3 Å². The van der Waals surface area contributed by atoms with Gasteiger partial charge < -0.3 is 38.5 Å². The van der Waals surface area contributed by atoms with E-state index >= 15 is 0 Å². The summed E-state index contributed by atoms with van der Waals surface area (Å²) in [6, 6.07) is 19.7. The van der Waals surface area contributed by atoms with E-state index in [9.17, 15) is 0 Å². The second-order valence-electron chi connectivity index (χ2n) is 9.67. The van der Waals surface area contributed by atoms with Gasteiger partial charge in [-0.15, -0.1) is 0 Å². The first-order valence-electron chi connectivity index (χ1n) is 14.0. The van der Waals surface area contributed by atoms with Crippen LogP contribution in [0.2, 0.25) is 0 Å². The maximum Gasteiger partial charge on any atom is 0.186 e. The maximum absolute atomic E-state index is 7.54. The van der Waals surface area contributed by atoms with Crippen LogP contribution in [0.4, 0.5) is 0 Å². The second kappa shape index (κ2) is 17.3. The zero-order chi connectivity index (χ0) is 33.3. The molecular formula is C35H35N11. The lowest BCUT2D eigenvalue weighted by atomic mass is 9.95. The highest BCUT2D eigenvalue weighted by Crippen LogP contribution is 2.29. The normalized spacial score (nSPS) is 9.24. The van der Waals surface area contributed by atoms with E-state index in [0.717, 1.165) is 44.5 Å². The Bertz CT molecular complexity index is 1650. The number of nitrogens with one attached hydrogen (secondary N) is 8. The van der Waals surface area contributed by atoms with Crippen LogP contribution in [0, 0.1) is 69.0 Å². The van der Waals surface area contributed by atoms with Gasteiger partial charge in [-0.2, -0.15) is 0 Å². The number of guanidine groups is 3. The van der Waals surface area contributed by atoms with Gasteiger partial charge in [-0.1, -0.05) is 65.6 Å². The molecule has 0 aliphatic heterocycles. The Morgan fingerprint density at radius 1 is 0.500 bits per heavy atom. The minimum atomic E-state index is -0.153. The van der Waals surface area contributed by atoms with Crippen molar-refractivity contribution in [3.63, 3.8) is 0 Å². The molecule has 14 N–H and O–H groups in total. The van der Waals surface area contributed by atoms with Gasteiger partial charge in [0.1, 0.15) is 0 Å². The zero-order valence-electron chi connectivity index (χ0n) is 25.3. The molecule has 0 amide bonds.